The summed E-state index contributed by atoms with van der Waals surface area (Å²) in [6.45, 7) is 5.94. The first-order chi connectivity index (χ1) is 7.01. The molecule has 2 saturated heterocycles. The number of piperidine rings is 1. The largest absolute Gasteiger partial charge is 0.312 e. The Morgan fingerprint density at radius 2 is 2.07 bits per heavy atom. The van der Waals surface area contributed by atoms with E-state index >= 15 is 0 Å². The fourth-order valence-corrected chi connectivity index (χ4v) is 3.88. The van der Waals surface area contributed by atoms with E-state index in [4.69, 9.17) is 0 Å². The first-order valence-electron chi connectivity index (χ1n) is 5.74. The zero-order chi connectivity index (χ0) is 11.1. The molecular formula is C10H20N2O2S. The van der Waals surface area contributed by atoms with Gasteiger partial charge in [0.1, 0.15) is 0 Å². The number of nitrogens with zero attached hydrogens (tertiary/aromatic N) is 1. The average molecular weight is 232 g/mol. The van der Waals surface area contributed by atoms with E-state index in [2.05, 4.69) is 5.32 Å². The lowest BCUT2D eigenvalue weighted by molar-refractivity contribution is 0.339. The molecule has 2 fully saturated rings. The van der Waals surface area contributed by atoms with Gasteiger partial charge in [-0.25, -0.2) is 8.42 Å². The second kappa shape index (κ2) is 4.03. The molecule has 2 heterocycles. The molecule has 0 saturated carbocycles. The summed E-state index contributed by atoms with van der Waals surface area (Å²) in [5.41, 5.74) is 0. The summed E-state index contributed by atoms with van der Waals surface area (Å²) < 4.78 is 25.6. The van der Waals surface area contributed by atoms with Crippen LogP contribution in [0.1, 0.15) is 26.7 Å². The fraction of sp³-hybridized carbons (Fsp3) is 1.00. The van der Waals surface area contributed by atoms with Gasteiger partial charge >= 0.3 is 0 Å². The van der Waals surface area contributed by atoms with Crippen LogP contribution in [0.15, 0.2) is 0 Å². The van der Waals surface area contributed by atoms with Crippen molar-refractivity contribution in [2.75, 3.05) is 19.6 Å². The molecule has 0 unspecified atom stereocenters. The molecule has 4 nitrogen and oxygen atoms in total. The predicted octanol–water partition coefficient (Wildman–Crippen LogP) is 0.408. The van der Waals surface area contributed by atoms with Gasteiger partial charge in [0.15, 0.2) is 0 Å². The maximum atomic E-state index is 12.0. The van der Waals surface area contributed by atoms with Crippen LogP contribution in [-0.4, -0.2) is 43.6 Å². The second-order valence-electron chi connectivity index (χ2n) is 4.87. The Kier molecular flexibility index (Phi) is 3.05. The van der Waals surface area contributed by atoms with Crippen molar-refractivity contribution in [1.29, 1.82) is 0 Å². The van der Waals surface area contributed by atoms with E-state index in [1.54, 1.807) is 18.2 Å². The monoisotopic (exact) mass is 232 g/mol. The fourth-order valence-electron chi connectivity index (χ4n) is 2.51. The lowest BCUT2D eigenvalue weighted by atomic mass is 9.94. The highest BCUT2D eigenvalue weighted by Crippen LogP contribution is 2.27. The molecule has 0 aromatic carbocycles. The summed E-state index contributed by atoms with van der Waals surface area (Å²) in [4.78, 5) is 0. The molecule has 2 rings (SSSR count). The van der Waals surface area contributed by atoms with Crippen LogP contribution in [0.2, 0.25) is 0 Å². The number of rotatable bonds is 2. The molecule has 0 aromatic heterocycles. The van der Waals surface area contributed by atoms with Gasteiger partial charge in [-0.1, -0.05) is 0 Å². The lowest BCUT2D eigenvalue weighted by Crippen LogP contribution is -2.41. The van der Waals surface area contributed by atoms with E-state index in [1.807, 2.05) is 0 Å². The van der Waals surface area contributed by atoms with E-state index in [-0.39, 0.29) is 5.25 Å². The van der Waals surface area contributed by atoms with Crippen molar-refractivity contribution in [3.63, 3.8) is 0 Å². The van der Waals surface area contributed by atoms with Gasteiger partial charge in [0.2, 0.25) is 10.0 Å². The summed E-state index contributed by atoms with van der Waals surface area (Å²) >= 11 is 0. The van der Waals surface area contributed by atoms with Crippen molar-refractivity contribution in [2.24, 2.45) is 5.92 Å². The quantitative estimate of drug-likeness (QED) is 0.750. The maximum Gasteiger partial charge on any atom is 0.216 e. The number of hydrogen-bond donors (Lipinski definition) is 1. The van der Waals surface area contributed by atoms with Gasteiger partial charge in [-0.05, 0) is 39.2 Å². The summed E-state index contributed by atoms with van der Waals surface area (Å²) in [6, 6.07) is 0.396. The second-order valence-corrected chi connectivity index (χ2v) is 7.36. The first kappa shape index (κ1) is 11.4. The third kappa shape index (κ3) is 2.05. The van der Waals surface area contributed by atoms with E-state index in [0.717, 1.165) is 13.1 Å². The maximum absolute atomic E-state index is 12.0. The molecule has 2 aliphatic heterocycles. The molecule has 0 bridgehead atoms. The van der Waals surface area contributed by atoms with Crippen LogP contribution in [0.25, 0.3) is 0 Å². The zero-order valence-corrected chi connectivity index (χ0v) is 10.3. The highest BCUT2D eigenvalue weighted by atomic mass is 32.2. The molecule has 15 heavy (non-hydrogen) atoms. The zero-order valence-electron chi connectivity index (χ0n) is 9.44. The minimum absolute atomic E-state index is 0.294. The van der Waals surface area contributed by atoms with Crippen molar-refractivity contribution in [2.45, 2.75) is 38.0 Å². The van der Waals surface area contributed by atoms with Crippen molar-refractivity contribution in [3.05, 3.63) is 0 Å². The minimum atomic E-state index is -3.04. The Hall–Kier alpha value is -0.130. The summed E-state index contributed by atoms with van der Waals surface area (Å²) in [6.07, 6.45) is 2.35. The number of hydrogen-bond acceptors (Lipinski definition) is 3. The van der Waals surface area contributed by atoms with Gasteiger partial charge in [-0.2, -0.15) is 4.31 Å². The van der Waals surface area contributed by atoms with Crippen LogP contribution in [0.3, 0.4) is 0 Å². The molecule has 0 amide bonds. The number of fused-ring (bicyclic) bond motifs is 1. The van der Waals surface area contributed by atoms with Gasteiger partial charge in [-0.3, -0.25) is 0 Å². The van der Waals surface area contributed by atoms with Crippen molar-refractivity contribution < 1.29 is 8.42 Å². The summed E-state index contributed by atoms with van der Waals surface area (Å²) in [5.74, 6) is 0.535. The van der Waals surface area contributed by atoms with Crippen LogP contribution in [0.5, 0.6) is 0 Å². The Morgan fingerprint density at radius 3 is 2.67 bits per heavy atom. The molecular weight excluding hydrogens is 212 g/mol. The van der Waals surface area contributed by atoms with E-state index < -0.39 is 10.0 Å². The van der Waals surface area contributed by atoms with Gasteiger partial charge in [0.05, 0.1) is 5.25 Å². The molecule has 88 valence electrons. The molecule has 0 radical (unpaired) electrons. The van der Waals surface area contributed by atoms with Crippen LogP contribution < -0.4 is 5.32 Å². The smallest absolute Gasteiger partial charge is 0.216 e. The molecule has 0 spiro atoms. The number of sulfonamides is 1. The highest BCUT2D eigenvalue weighted by Gasteiger charge is 2.40. The molecule has 2 aliphatic rings. The third-order valence-electron chi connectivity index (χ3n) is 3.52. The Labute approximate surface area is 92.1 Å². The van der Waals surface area contributed by atoms with E-state index in [0.29, 0.717) is 18.5 Å². The molecule has 5 heteroatoms. The molecule has 1 N–H and O–H groups in total. The summed E-state index contributed by atoms with van der Waals surface area (Å²) in [5, 5.41) is 3.12. The van der Waals surface area contributed by atoms with E-state index in [9.17, 15) is 8.42 Å². The van der Waals surface area contributed by atoms with Crippen molar-refractivity contribution >= 4 is 10.0 Å². The van der Waals surface area contributed by atoms with Crippen LogP contribution >= 0.6 is 0 Å². The van der Waals surface area contributed by atoms with Gasteiger partial charge in [0.25, 0.3) is 0 Å². The van der Waals surface area contributed by atoms with Crippen molar-refractivity contribution in [3.8, 4) is 0 Å². The standard InChI is InChI=1S/C10H20N2O2S/c1-8(2)15(13,14)12-6-9-4-3-5-11-10(9)7-12/h8-11H,3-7H2,1-2H3/t9-,10+/m0/s1. The number of nitrogens with one attached hydrogen (secondary N) is 1. The Morgan fingerprint density at radius 1 is 1.33 bits per heavy atom. The molecule has 2 atom stereocenters. The first-order valence-corrected chi connectivity index (χ1v) is 7.24. The highest BCUT2D eigenvalue weighted by molar-refractivity contribution is 7.89. The molecule has 0 aliphatic carbocycles. The van der Waals surface area contributed by atoms with Gasteiger partial charge in [0, 0.05) is 19.1 Å². The third-order valence-corrected chi connectivity index (χ3v) is 5.73. The Bertz CT molecular complexity index is 312. The van der Waals surface area contributed by atoms with Gasteiger partial charge < -0.3 is 5.32 Å². The predicted molar refractivity (Wildman–Crippen MR) is 60.1 cm³/mol. The van der Waals surface area contributed by atoms with Crippen molar-refractivity contribution in [1.82, 2.24) is 9.62 Å². The lowest BCUT2D eigenvalue weighted by Gasteiger charge is -2.24. The topological polar surface area (TPSA) is 49.4 Å². The summed E-state index contributed by atoms with van der Waals surface area (Å²) in [7, 11) is -3.04. The molecule has 0 aromatic rings. The van der Waals surface area contributed by atoms with Crippen LogP contribution in [0, 0.1) is 5.92 Å². The average Bonchev–Trinajstić information content (AvgIpc) is 2.61. The Balaban J connectivity index is 2.09. The van der Waals surface area contributed by atoms with Crippen LogP contribution in [-0.2, 0) is 10.0 Å². The SMILES string of the molecule is CC(C)S(=O)(=O)N1C[C@@H]2CCCN[C@@H]2C1. The minimum Gasteiger partial charge on any atom is -0.312 e. The van der Waals surface area contributed by atoms with Crippen LogP contribution in [0.4, 0.5) is 0 Å². The normalized spacial score (nSPS) is 33.3. The van der Waals surface area contributed by atoms with E-state index in [1.165, 1.54) is 12.8 Å². The van der Waals surface area contributed by atoms with Gasteiger partial charge in [-0.15, -0.1) is 0 Å².